The average molecular weight is 261 g/mol. The minimum atomic E-state index is -5.37. The first-order chi connectivity index (χ1) is 7.50. The van der Waals surface area contributed by atoms with Crippen LogP contribution in [0.4, 0.5) is 26.3 Å². The van der Waals surface area contributed by atoms with Crippen molar-refractivity contribution in [3.63, 3.8) is 0 Å². The maximum Gasteiger partial charge on any atom is 0.573 e. The number of hydrogen-bond donors (Lipinski definition) is 1. The molecule has 0 amide bonds. The van der Waals surface area contributed by atoms with Crippen molar-refractivity contribution >= 4 is 0 Å². The molecule has 0 bridgehead atoms. The number of aryl methyl sites for hydroxylation is 1. The third-order valence-electron chi connectivity index (χ3n) is 1.62. The van der Waals surface area contributed by atoms with Crippen LogP contribution in [0, 0.1) is 6.92 Å². The molecule has 0 aromatic carbocycles. The number of nitrogens with one attached hydrogen (secondary N) is 1. The lowest BCUT2D eigenvalue weighted by Crippen LogP contribution is -2.26. The minimum Gasteiger partial charge on any atom is -0.399 e. The van der Waals surface area contributed by atoms with Gasteiger partial charge in [-0.2, -0.15) is 13.2 Å². The fourth-order valence-corrected chi connectivity index (χ4v) is 1.09. The Hall–Kier alpha value is -1.67. The van der Waals surface area contributed by atoms with Crippen LogP contribution in [0.5, 0.6) is 5.75 Å². The molecule has 0 aliphatic rings. The van der Waals surface area contributed by atoms with Gasteiger partial charge in [0, 0.05) is 11.8 Å². The molecule has 0 radical (unpaired) electrons. The predicted molar refractivity (Wildman–Crippen MR) is 43.5 cm³/mol. The summed E-state index contributed by atoms with van der Waals surface area (Å²) in [5, 5.41) is 0. The van der Waals surface area contributed by atoms with Crippen LogP contribution in [0.25, 0.3) is 0 Å². The number of hydrogen-bond acceptors (Lipinski definition) is 2. The SMILES string of the molecule is Cc1cc(=O)c(OC(F)(F)F)c(C(F)(F)F)[nH]1. The van der Waals surface area contributed by atoms with Gasteiger partial charge in [-0.05, 0) is 6.92 Å². The molecule has 0 atom stereocenters. The van der Waals surface area contributed by atoms with Crippen LogP contribution >= 0.6 is 0 Å². The van der Waals surface area contributed by atoms with E-state index in [1.807, 2.05) is 0 Å². The van der Waals surface area contributed by atoms with Gasteiger partial charge in [0.1, 0.15) is 0 Å². The first-order valence-electron chi connectivity index (χ1n) is 4.07. The van der Waals surface area contributed by atoms with Gasteiger partial charge >= 0.3 is 12.5 Å². The van der Waals surface area contributed by atoms with E-state index in [0.717, 1.165) is 6.92 Å². The van der Waals surface area contributed by atoms with E-state index in [9.17, 15) is 31.1 Å². The first-order valence-corrected chi connectivity index (χ1v) is 4.07. The largest absolute Gasteiger partial charge is 0.573 e. The number of pyridine rings is 1. The Kier molecular flexibility index (Phi) is 3.13. The lowest BCUT2D eigenvalue weighted by molar-refractivity contribution is -0.277. The van der Waals surface area contributed by atoms with Gasteiger partial charge in [0.2, 0.25) is 11.2 Å². The Morgan fingerprint density at radius 3 is 2.12 bits per heavy atom. The molecular formula is C8H5F6NO2. The molecular weight excluding hydrogens is 256 g/mol. The van der Waals surface area contributed by atoms with Crippen LogP contribution < -0.4 is 10.2 Å². The number of rotatable bonds is 1. The summed E-state index contributed by atoms with van der Waals surface area (Å²) >= 11 is 0. The zero-order valence-corrected chi connectivity index (χ0v) is 8.16. The normalized spacial score (nSPS) is 12.6. The highest BCUT2D eigenvalue weighted by atomic mass is 19.4. The van der Waals surface area contributed by atoms with E-state index in [1.165, 1.54) is 0 Å². The monoisotopic (exact) mass is 261 g/mol. The summed E-state index contributed by atoms with van der Waals surface area (Å²) in [6.07, 6.45) is -10.5. The molecule has 0 saturated heterocycles. The van der Waals surface area contributed by atoms with E-state index < -0.39 is 29.4 Å². The number of alkyl halides is 6. The quantitative estimate of drug-likeness (QED) is 0.789. The maximum atomic E-state index is 12.4. The lowest BCUT2D eigenvalue weighted by atomic mass is 10.2. The lowest BCUT2D eigenvalue weighted by Gasteiger charge is -2.14. The van der Waals surface area contributed by atoms with Crippen LogP contribution in [0.2, 0.25) is 0 Å². The smallest absolute Gasteiger partial charge is 0.399 e. The van der Waals surface area contributed by atoms with Crippen molar-refractivity contribution in [3.05, 3.63) is 27.7 Å². The van der Waals surface area contributed by atoms with Gasteiger partial charge in [0.15, 0.2) is 5.69 Å². The molecule has 0 spiro atoms. The zero-order chi connectivity index (χ0) is 13.4. The van der Waals surface area contributed by atoms with Crippen molar-refractivity contribution < 1.29 is 31.1 Å². The highest BCUT2D eigenvalue weighted by Gasteiger charge is 2.41. The summed E-state index contributed by atoms with van der Waals surface area (Å²) in [6, 6.07) is 0.580. The highest BCUT2D eigenvalue weighted by molar-refractivity contribution is 5.31. The van der Waals surface area contributed by atoms with Crippen LogP contribution in [0.3, 0.4) is 0 Å². The van der Waals surface area contributed by atoms with Crippen molar-refractivity contribution in [3.8, 4) is 5.75 Å². The van der Waals surface area contributed by atoms with E-state index in [2.05, 4.69) is 4.74 Å². The first kappa shape index (κ1) is 13.4. The third kappa shape index (κ3) is 3.40. The topological polar surface area (TPSA) is 42.1 Å². The van der Waals surface area contributed by atoms with Crippen molar-refractivity contribution in [2.45, 2.75) is 19.5 Å². The highest BCUT2D eigenvalue weighted by Crippen LogP contribution is 2.34. The molecule has 0 fully saturated rings. The molecule has 1 aromatic rings. The summed E-state index contributed by atoms with van der Waals surface area (Å²) in [6.45, 7) is 1.11. The second-order valence-electron chi connectivity index (χ2n) is 3.07. The van der Waals surface area contributed by atoms with Crippen LogP contribution in [-0.2, 0) is 6.18 Å². The standard InChI is InChI=1S/C8H5F6NO2/c1-3-2-4(16)5(17-8(12,13)14)6(15-3)7(9,10)11/h2H,1H3,(H,15,16). The third-order valence-corrected chi connectivity index (χ3v) is 1.62. The molecule has 9 heteroatoms. The Morgan fingerprint density at radius 1 is 1.18 bits per heavy atom. The second kappa shape index (κ2) is 3.97. The van der Waals surface area contributed by atoms with E-state index in [0.29, 0.717) is 6.07 Å². The summed E-state index contributed by atoms with van der Waals surface area (Å²) in [7, 11) is 0. The van der Waals surface area contributed by atoms with Crippen molar-refractivity contribution in [2.75, 3.05) is 0 Å². The molecule has 0 aliphatic carbocycles. The average Bonchev–Trinajstić information content (AvgIpc) is 2.05. The van der Waals surface area contributed by atoms with Crippen molar-refractivity contribution in [2.24, 2.45) is 0 Å². The van der Waals surface area contributed by atoms with Crippen LogP contribution in [-0.4, -0.2) is 11.3 Å². The van der Waals surface area contributed by atoms with Gasteiger partial charge in [0.05, 0.1) is 0 Å². The molecule has 96 valence electrons. The number of halogens is 6. The molecule has 0 saturated carbocycles. The predicted octanol–water partition coefficient (Wildman–Crippen LogP) is 2.60. The second-order valence-corrected chi connectivity index (χ2v) is 3.07. The van der Waals surface area contributed by atoms with Crippen molar-refractivity contribution in [1.82, 2.24) is 4.98 Å². The molecule has 17 heavy (non-hydrogen) atoms. The molecule has 1 heterocycles. The molecule has 1 rings (SSSR count). The van der Waals surface area contributed by atoms with Crippen molar-refractivity contribution in [1.29, 1.82) is 0 Å². The zero-order valence-electron chi connectivity index (χ0n) is 8.16. The van der Waals surface area contributed by atoms with Gasteiger partial charge in [0.25, 0.3) is 0 Å². The number of aromatic amines is 1. The molecule has 1 aromatic heterocycles. The number of aromatic nitrogens is 1. The van der Waals surface area contributed by atoms with Crippen LogP contribution in [0.1, 0.15) is 11.4 Å². The Bertz CT molecular complexity index is 472. The summed E-state index contributed by atoms with van der Waals surface area (Å²) in [5.74, 6) is -1.81. The Balaban J connectivity index is 3.42. The molecule has 3 nitrogen and oxygen atoms in total. The fraction of sp³-hybridized carbons (Fsp3) is 0.375. The van der Waals surface area contributed by atoms with Gasteiger partial charge in [-0.1, -0.05) is 0 Å². The summed E-state index contributed by atoms with van der Waals surface area (Å²) in [4.78, 5) is 12.7. The molecule has 0 aliphatic heterocycles. The molecule has 1 N–H and O–H groups in total. The summed E-state index contributed by atoms with van der Waals surface area (Å²) < 4.78 is 75.7. The Labute approximate surface area is 90.0 Å². The van der Waals surface area contributed by atoms with Gasteiger partial charge in [-0.15, -0.1) is 13.2 Å². The van der Waals surface area contributed by atoms with E-state index >= 15 is 0 Å². The van der Waals surface area contributed by atoms with Gasteiger partial charge < -0.3 is 9.72 Å². The maximum absolute atomic E-state index is 12.4. The van der Waals surface area contributed by atoms with E-state index in [4.69, 9.17) is 0 Å². The van der Waals surface area contributed by atoms with E-state index in [-0.39, 0.29) is 5.69 Å². The number of H-pyrrole nitrogens is 1. The van der Waals surface area contributed by atoms with Gasteiger partial charge in [-0.3, -0.25) is 4.79 Å². The Morgan fingerprint density at radius 2 is 1.71 bits per heavy atom. The molecule has 0 unspecified atom stereocenters. The van der Waals surface area contributed by atoms with Gasteiger partial charge in [-0.25, -0.2) is 0 Å². The minimum absolute atomic E-state index is 0.225. The fourth-order valence-electron chi connectivity index (χ4n) is 1.09. The number of ether oxygens (including phenoxy) is 1. The van der Waals surface area contributed by atoms with E-state index in [1.54, 1.807) is 4.98 Å². The summed E-state index contributed by atoms with van der Waals surface area (Å²) in [5.41, 5.74) is -3.58. The van der Waals surface area contributed by atoms with Crippen LogP contribution in [0.15, 0.2) is 10.9 Å².